The minimum Gasteiger partial charge on any atom is -0.310 e. The lowest BCUT2D eigenvalue weighted by molar-refractivity contribution is 0.584. The third-order valence-electron chi connectivity index (χ3n) is 10.9. The Bertz CT molecular complexity index is 2200. The quantitative estimate of drug-likeness (QED) is 0.196. The Balaban J connectivity index is 1.36. The summed E-state index contributed by atoms with van der Waals surface area (Å²) in [4.78, 5) is 2.52. The molecule has 0 bridgehead atoms. The fourth-order valence-corrected chi connectivity index (χ4v) is 8.23. The van der Waals surface area contributed by atoms with Crippen molar-refractivity contribution in [3.8, 4) is 22.3 Å². The topological polar surface area (TPSA) is 3.24 Å². The van der Waals surface area contributed by atoms with Crippen LogP contribution in [0, 0.1) is 6.92 Å². The number of hydrogen-bond donors (Lipinski definition) is 0. The van der Waals surface area contributed by atoms with Crippen LogP contribution in [-0.4, -0.2) is 0 Å². The highest BCUT2D eigenvalue weighted by atomic mass is 15.1. The smallest absolute Gasteiger partial charge is 0.0569 e. The molecule has 0 unspecified atom stereocenters. The van der Waals surface area contributed by atoms with Gasteiger partial charge in [0.05, 0.1) is 5.69 Å². The number of anilines is 3. The standard InChI is InChI=1S/C45H43N/c1-28-17-18-29-13-9-10-14-33(29)42(28)46(31-20-23-36-34-15-11-12-16-38(34)44(5,6)40(36)26-31)32-21-24-37-35-22-19-30(43(2,3)4)25-39(35)45(7,8)41(37)27-32/h9-27H,1-8H3. The van der Waals surface area contributed by atoms with Gasteiger partial charge in [0.2, 0.25) is 0 Å². The summed E-state index contributed by atoms with van der Waals surface area (Å²) in [6.07, 6.45) is 0. The van der Waals surface area contributed by atoms with E-state index in [9.17, 15) is 0 Å². The van der Waals surface area contributed by atoms with Gasteiger partial charge in [-0.2, -0.15) is 0 Å². The van der Waals surface area contributed by atoms with E-state index in [4.69, 9.17) is 0 Å². The van der Waals surface area contributed by atoms with Crippen molar-refractivity contribution in [2.24, 2.45) is 0 Å². The molecule has 0 radical (unpaired) electrons. The maximum atomic E-state index is 2.52. The van der Waals surface area contributed by atoms with Gasteiger partial charge in [0.1, 0.15) is 0 Å². The molecule has 228 valence electrons. The summed E-state index contributed by atoms with van der Waals surface area (Å²) < 4.78 is 0. The maximum Gasteiger partial charge on any atom is 0.0569 e. The van der Waals surface area contributed by atoms with E-state index < -0.39 is 0 Å². The molecule has 0 spiro atoms. The molecule has 0 aliphatic heterocycles. The Morgan fingerprint density at radius 3 is 1.67 bits per heavy atom. The highest BCUT2D eigenvalue weighted by Crippen LogP contribution is 2.54. The number of benzene rings is 6. The van der Waals surface area contributed by atoms with Crippen LogP contribution in [0.2, 0.25) is 0 Å². The second kappa shape index (κ2) is 9.69. The Kier molecular flexibility index (Phi) is 6.07. The molecule has 8 rings (SSSR count). The van der Waals surface area contributed by atoms with E-state index in [0.29, 0.717) is 0 Å². The molecule has 46 heavy (non-hydrogen) atoms. The summed E-state index contributed by atoms with van der Waals surface area (Å²) in [6, 6.07) is 43.7. The van der Waals surface area contributed by atoms with E-state index in [0.717, 1.165) is 0 Å². The molecule has 1 heteroatoms. The average molecular weight is 598 g/mol. The predicted molar refractivity (Wildman–Crippen MR) is 197 cm³/mol. The highest BCUT2D eigenvalue weighted by molar-refractivity contribution is 6.01. The minimum atomic E-state index is -0.108. The second-order valence-corrected chi connectivity index (χ2v) is 15.6. The molecule has 0 N–H and O–H groups in total. The van der Waals surface area contributed by atoms with Crippen LogP contribution in [0.1, 0.15) is 81.8 Å². The van der Waals surface area contributed by atoms with Crippen LogP contribution in [0.15, 0.2) is 115 Å². The van der Waals surface area contributed by atoms with E-state index >= 15 is 0 Å². The third kappa shape index (κ3) is 4.07. The van der Waals surface area contributed by atoms with Crippen LogP contribution >= 0.6 is 0 Å². The van der Waals surface area contributed by atoms with Gasteiger partial charge in [-0.3, -0.25) is 0 Å². The average Bonchev–Trinajstić information content (AvgIpc) is 3.41. The fourth-order valence-electron chi connectivity index (χ4n) is 8.23. The first-order valence-corrected chi connectivity index (χ1v) is 16.7. The summed E-state index contributed by atoms with van der Waals surface area (Å²) in [6.45, 7) is 18.7. The largest absolute Gasteiger partial charge is 0.310 e. The lowest BCUT2D eigenvalue weighted by atomic mass is 9.79. The Morgan fingerprint density at radius 2 is 1.02 bits per heavy atom. The minimum absolute atomic E-state index is 0.0757. The van der Waals surface area contributed by atoms with Crippen LogP contribution in [0.25, 0.3) is 33.0 Å². The fraction of sp³-hybridized carbons (Fsp3) is 0.244. The Labute approximate surface area is 274 Å². The monoisotopic (exact) mass is 597 g/mol. The van der Waals surface area contributed by atoms with Crippen LogP contribution in [0.5, 0.6) is 0 Å². The van der Waals surface area contributed by atoms with Crippen molar-refractivity contribution >= 4 is 27.8 Å². The number of nitrogens with zero attached hydrogens (tertiary/aromatic N) is 1. The number of fused-ring (bicyclic) bond motifs is 7. The maximum absolute atomic E-state index is 2.52. The lowest BCUT2D eigenvalue weighted by Gasteiger charge is -2.31. The predicted octanol–water partition coefficient (Wildman–Crippen LogP) is 12.5. The van der Waals surface area contributed by atoms with Crippen LogP contribution < -0.4 is 4.90 Å². The summed E-state index contributed by atoms with van der Waals surface area (Å²) in [7, 11) is 0. The van der Waals surface area contributed by atoms with Gasteiger partial charge < -0.3 is 4.90 Å². The van der Waals surface area contributed by atoms with E-state index in [2.05, 4.69) is 176 Å². The normalized spacial score (nSPS) is 15.3. The molecule has 2 aliphatic carbocycles. The SMILES string of the molecule is Cc1ccc2ccccc2c1N(c1ccc2c(c1)C(C)(C)c1ccccc1-2)c1ccc2c(c1)C(C)(C)c1cc(C(C)(C)C)ccc1-2. The molecule has 1 nitrogen and oxygen atoms in total. The Hall–Kier alpha value is -4.62. The zero-order valence-electron chi connectivity index (χ0n) is 28.4. The van der Waals surface area contributed by atoms with E-state index in [-0.39, 0.29) is 16.2 Å². The van der Waals surface area contributed by atoms with Crippen LogP contribution in [0.4, 0.5) is 17.1 Å². The van der Waals surface area contributed by atoms with Gasteiger partial charge in [0.15, 0.2) is 0 Å². The van der Waals surface area contributed by atoms with E-state index in [1.165, 1.54) is 83.5 Å². The molecule has 0 aromatic heterocycles. The lowest BCUT2D eigenvalue weighted by Crippen LogP contribution is -2.19. The van der Waals surface area contributed by atoms with Crippen LogP contribution in [0.3, 0.4) is 0 Å². The van der Waals surface area contributed by atoms with Gasteiger partial charge in [0.25, 0.3) is 0 Å². The van der Waals surface area contributed by atoms with Crippen molar-refractivity contribution in [2.75, 3.05) is 4.90 Å². The Morgan fingerprint density at radius 1 is 0.500 bits per heavy atom. The zero-order chi connectivity index (χ0) is 32.2. The van der Waals surface area contributed by atoms with Crippen molar-refractivity contribution in [1.82, 2.24) is 0 Å². The highest BCUT2D eigenvalue weighted by Gasteiger charge is 2.38. The van der Waals surface area contributed by atoms with Crippen LogP contribution in [-0.2, 0) is 16.2 Å². The summed E-state index contributed by atoms with van der Waals surface area (Å²) in [5.41, 5.74) is 17.2. The van der Waals surface area contributed by atoms with Gasteiger partial charge in [-0.05, 0) is 97.6 Å². The van der Waals surface area contributed by atoms with Gasteiger partial charge >= 0.3 is 0 Å². The van der Waals surface area contributed by atoms with Crippen molar-refractivity contribution in [2.45, 2.75) is 71.6 Å². The first kappa shape index (κ1) is 28.8. The molecule has 0 amide bonds. The molecule has 2 aliphatic rings. The molecule has 0 atom stereocenters. The molecular formula is C45H43N. The first-order chi connectivity index (χ1) is 21.9. The van der Waals surface area contributed by atoms with Gasteiger partial charge in [-0.15, -0.1) is 0 Å². The molecule has 0 saturated carbocycles. The molecule has 0 fully saturated rings. The first-order valence-electron chi connectivity index (χ1n) is 16.7. The van der Waals surface area contributed by atoms with Crippen molar-refractivity contribution in [3.63, 3.8) is 0 Å². The molecule has 6 aromatic carbocycles. The van der Waals surface area contributed by atoms with Crippen molar-refractivity contribution in [1.29, 1.82) is 0 Å². The van der Waals surface area contributed by atoms with E-state index in [1.54, 1.807) is 0 Å². The third-order valence-corrected chi connectivity index (χ3v) is 10.9. The summed E-state index contributed by atoms with van der Waals surface area (Å²) in [5, 5.41) is 2.52. The number of aryl methyl sites for hydroxylation is 1. The zero-order valence-corrected chi connectivity index (χ0v) is 28.4. The number of rotatable bonds is 3. The van der Waals surface area contributed by atoms with Gasteiger partial charge in [0, 0.05) is 27.6 Å². The molecule has 0 heterocycles. The molecule has 6 aromatic rings. The summed E-state index contributed by atoms with van der Waals surface area (Å²) >= 11 is 0. The molecular weight excluding hydrogens is 555 g/mol. The van der Waals surface area contributed by atoms with E-state index in [1.807, 2.05) is 0 Å². The van der Waals surface area contributed by atoms with Crippen molar-refractivity contribution in [3.05, 3.63) is 149 Å². The van der Waals surface area contributed by atoms with Gasteiger partial charge in [-0.25, -0.2) is 0 Å². The number of hydrogen-bond acceptors (Lipinski definition) is 1. The summed E-state index contributed by atoms with van der Waals surface area (Å²) in [5.74, 6) is 0. The second-order valence-electron chi connectivity index (χ2n) is 15.6. The molecule has 0 saturated heterocycles. The van der Waals surface area contributed by atoms with Crippen molar-refractivity contribution < 1.29 is 0 Å². The van der Waals surface area contributed by atoms with Gasteiger partial charge in [-0.1, -0.05) is 139 Å².